The van der Waals surface area contributed by atoms with E-state index in [4.69, 9.17) is 0 Å². The Hall–Kier alpha value is -1.92. The number of hydrogen-bond acceptors (Lipinski definition) is 3. The molecule has 118 valence electrons. The maximum absolute atomic E-state index is 12.6. The van der Waals surface area contributed by atoms with Crippen LogP contribution in [-0.4, -0.2) is 18.7 Å². The molecule has 0 saturated heterocycles. The molecule has 6 heteroatoms. The Balaban J connectivity index is 1.93. The molecule has 1 N–H and O–H groups in total. The SMILES string of the molecule is O=S(=O)(Nc1cccc2cccnc12)c1ccc(CCBr)cc1. The third-order valence-electron chi connectivity index (χ3n) is 3.49. The van der Waals surface area contributed by atoms with Crippen LogP contribution in [0, 0.1) is 0 Å². The fraction of sp³-hybridized carbons (Fsp3) is 0.118. The molecule has 23 heavy (non-hydrogen) atoms. The molecule has 1 heterocycles. The molecule has 3 aromatic rings. The average molecular weight is 391 g/mol. The molecule has 0 spiro atoms. The third-order valence-corrected chi connectivity index (χ3v) is 5.27. The second kappa shape index (κ2) is 6.68. The largest absolute Gasteiger partial charge is 0.277 e. The number of pyridine rings is 1. The van der Waals surface area contributed by atoms with Gasteiger partial charge in [0.15, 0.2) is 0 Å². The monoisotopic (exact) mass is 390 g/mol. The first kappa shape index (κ1) is 16.0. The molecule has 0 fully saturated rings. The number of fused-ring (bicyclic) bond motifs is 1. The second-order valence-electron chi connectivity index (χ2n) is 5.07. The zero-order valence-corrected chi connectivity index (χ0v) is 14.6. The average Bonchev–Trinajstić information content (AvgIpc) is 2.56. The topological polar surface area (TPSA) is 59.1 Å². The van der Waals surface area contributed by atoms with Crippen molar-refractivity contribution in [1.29, 1.82) is 0 Å². The number of aryl methyl sites for hydroxylation is 1. The van der Waals surface area contributed by atoms with Gasteiger partial charge in [-0.3, -0.25) is 9.71 Å². The second-order valence-corrected chi connectivity index (χ2v) is 7.54. The van der Waals surface area contributed by atoms with Gasteiger partial charge in [-0.1, -0.05) is 46.3 Å². The molecule has 3 rings (SSSR count). The van der Waals surface area contributed by atoms with Crippen LogP contribution in [0.4, 0.5) is 5.69 Å². The molecule has 2 aromatic carbocycles. The minimum atomic E-state index is -3.64. The fourth-order valence-electron chi connectivity index (χ4n) is 2.33. The minimum absolute atomic E-state index is 0.240. The summed E-state index contributed by atoms with van der Waals surface area (Å²) in [5.41, 5.74) is 2.20. The summed E-state index contributed by atoms with van der Waals surface area (Å²) in [5, 5.41) is 1.74. The quantitative estimate of drug-likeness (QED) is 0.670. The summed E-state index contributed by atoms with van der Waals surface area (Å²) in [6.45, 7) is 0. The summed E-state index contributed by atoms with van der Waals surface area (Å²) in [4.78, 5) is 4.50. The lowest BCUT2D eigenvalue weighted by Gasteiger charge is -2.10. The van der Waals surface area contributed by atoms with Crippen molar-refractivity contribution in [3.63, 3.8) is 0 Å². The van der Waals surface area contributed by atoms with Gasteiger partial charge in [0.2, 0.25) is 0 Å². The van der Waals surface area contributed by atoms with Crippen molar-refractivity contribution < 1.29 is 8.42 Å². The lowest BCUT2D eigenvalue weighted by Crippen LogP contribution is -2.13. The highest BCUT2D eigenvalue weighted by molar-refractivity contribution is 9.09. The smallest absolute Gasteiger partial charge is 0.261 e. The van der Waals surface area contributed by atoms with Gasteiger partial charge in [-0.15, -0.1) is 0 Å². The number of anilines is 1. The van der Waals surface area contributed by atoms with Crippen LogP contribution in [0.25, 0.3) is 10.9 Å². The Morgan fingerprint density at radius 2 is 1.74 bits per heavy atom. The molecule has 0 saturated carbocycles. The number of nitrogens with one attached hydrogen (secondary N) is 1. The molecule has 0 atom stereocenters. The van der Waals surface area contributed by atoms with Crippen molar-refractivity contribution >= 4 is 42.5 Å². The number of nitrogens with zero attached hydrogens (tertiary/aromatic N) is 1. The van der Waals surface area contributed by atoms with E-state index in [1.54, 1.807) is 30.5 Å². The van der Waals surface area contributed by atoms with Gasteiger partial charge in [0.1, 0.15) is 0 Å². The normalized spacial score (nSPS) is 11.5. The van der Waals surface area contributed by atoms with Gasteiger partial charge in [0, 0.05) is 16.9 Å². The van der Waals surface area contributed by atoms with Crippen LogP contribution in [0.5, 0.6) is 0 Å². The van der Waals surface area contributed by atoms with E-state index in [2.05, 4.69) is 25.6 Å². The van der Waals surface area contributed by atoms with E-state index in [1.807, 2.05) is 30.3 Å². The van der Waals surface area contributed by atoms with Crippen molar-refractivity contribution in [3.05, 3.63) is 66.4 Å². The highest BCUT2D eigenvalue weighted by Crippen LogP contribution is 2.24. The molecule has 0 aliphatic heterocycles. The number of alkyl halides is 1. The van der Waals surface area contributed by atoms with Crippen LogP contribution >= 0.6 is 15.9 Å². The molecular weight excluding hydrogens is 376 g/mol. The molecule has 1 aromatic heterocycles. The van der Waals surface area contributed by atoms with Crippen molar-refractivity contribution in [2.75, 3.05) is 10.1 Å². The summed E-state index contributed by atoms with van der Waals surface area (Å²) >= 11 is 3.37. The van der Waals surface area contributed by atoms with E-state index in [1.165, 1.54) is 0 Å². The van der Waals surface area contributed by atoms with Crippen LogP contribution < -0.4 is 4.72 Å². The Kier molecular flexibility index (Phi) is 4.63. The molecule has 4 nitrogen and oxygen atoms in total. The van der Waals surface area contributed by atoms with Crippen LogP contribution in [0.3, 0.4) is 0 Å². The van der Waals surface area contributed by atoms with Crippen molar-refractivity contribution in [2.45, 2.75) is 11.3 Å². The van der Waals surface area contributed by atoms with Crippen LogP contribution in [-0.2, 0) is 16.4 Å². The lowest BCUT2D eigenvalue weighted by molar-refractivity contribution is 0.601. The third kappa shape index (κ3) is 3.54. The van der Waals surface area contributed by atoms with Crippen LogP contribution in [0.2, 0.25) is 0 Å². The highest BCUT2D eigenvalue weighted by Gasteiger charge is 2.15. The Morgan fingerprint density at radius 1 is 1.00 bits per heavy atom. The van der Waals surface area contributed by atoms with Crippen molar-refractivity contribution in [2.24, 2.45) is 0 Å². The van der Waals surface area contributed by atoms with Gasteiger partial charge in [0.25, 0.3) is 10.0 Å². The van der Waals surface area contributed by atoms with Gasteiger partial charge in [-0.2, -0.15) is 0 Å². The number of benzene rings is 2. The molecule has 0 amide bonds. The fourth-order valence-corrected chi connectivity index (χ4v) is 3.86. The van der Waals surface area contributed by atoms with E-state index < -0.39 is 10.0 Å². The zero-order chi connectivity index (χ0) is 16.3. The zero-order valence-electron chi connectivity index (χ0n) is 12.2. The number of para-hydroxylation sites is 1. The van der Waals surface area contributed by atoms with E-state index in [9.17, 15) is 8.42 Å². The first-order valence-corrected chi connectivity index (χ1v) is 9.72. The van der Waals surface area contributed by atoms with Gasteiger partial charge in [0.05, 0.1) is 16.1 Å². The number of aromatic nitrogens is 1. The standard InChI is InChI=1S/C17H15BrN2O2S/c18-11-10-13-6-8-15(9-7-13)23(21,22)20-16-5-1-3-14-4-2-12-19-17(14)16/h1-9,12,20H,10-11H2. The van der Waals surface area contributed by atoms with Crippen LogP contribution in [0.1, 0.15) is 5.56 Å². The van der Waals surface area contributed by atoms with Crippen molar-refractivity contribution in [3.8, 4) is 0 Å². The molecule has 0 aliphatic carbocycles. The van der Waals surface area contributed by atoms with Gasteiger partial charge in [-0.05, 0) is 36.2 Å². The summed E-state index contributed by atoms with van der Waals surface area (Å²) in [5.74, 6) is 0. The predicted octanol–water partition coefficient (Wildman–Crippen LogP) is 3.97. The Morgan fingerprint density at radius 3 is 2.48 bits per heavy atom. The molecular formula is C17H15BrN2O2S. The highest BCUT2D eigenvalue weighted by atomic mass is 79.9. The van der Waals surface area contributed by atoms with E-state index in [-0.39, 0.29) is 4.90 Å². The molecule has 0 radical (unpaired) electrons. The van der Waals surface area contributed by atoms with Gasteiger partial charge < -0.3 is 0 Å². The predicted molar refractivity (Wildman–Crippen MR) is 96.5 cm³/mol. The van der Waals surface area contributed by atoms with E-state index in [0.29, 0.717) is 11.2 Å². The first-order valence-electron chi connectivity index (χ1n) is 7.11. The minimum Gasteiger partial charge on any atom is -0.277 e. The van der Waals surface area contributed by atoms with Crippen LogP contribution in [0.15, 0.2) is 65.7 Å². The summed E-state index contributed by atoms with van der Waals surface area (Å²) in [7, 11) is -3.64. The number of hydrogen-bond donors (Lipinski definition) is 1. The number of sulfonamides is 1. The maximum Gasteiger partial charge on any atom is 0.261 e. The number of rotatable bonds is 5. The summed E-state index contributed by atoms with van der Waals surface area (Å²) in [6.07, 6.45) is 2.51. The maximum atomic E-state index is 12.6. The summed E-state index contributed by atoms with van der Waals surface area (Å²) in [6, 6.07) is 16.0. The van der Waals surface area contributed by atoms with E-state index >= 15 is 0 Å². The Bertz CT molecular complexity index is 919. The Labute approximate surface area is 143 Å². The van der Waals surface area contributed by atoms with E-state index in [0.717, 1.165) is 22.7 Å². The molecule has 0 bridgehead atoms. The van der Waals surface area contributed by atoms with Gasteiger partial charge >= 0.3 is 0 Å². The molecule has 0 aliphatic rings. The molecule has 0 unspecified atom stereocenters. The number of halogens is 1. The summed E-state index contributed by atoms with van der Waals surface area (Å²) < 4.78 is 27.8. The van der Waals surface area contributed by atoms with Crippen molar-refractivity contribution in [1.82, 2.24) is 4.98 Å². The first-order chi connectivity index (χ1) is 11.1. The van der Waals surface area contributed by atoms with Gasteiger partial charge in [-0.25, -0.2) is 8.42 Å². The lowest BCUT2D eigenvalue weighted by atomic mass is 10.2.